The van der Waals surface area contributed by atoms with Crippen molar-refractivity contribution in [2.24, 2.45) is 0 Å². The Kier molecular flexibility index (Phi) is 4.83. The fraction of sp³-hybridized carbons (Fsp3) is 0.500. The Morgan fingerprint density at radius 3 is 2.62 bits per heavy atom. The second kappa shape index (κ2) is 6.61. The highest BCUT2D eigenvalue weighted by atomic mass is 16.2. The van der Waals surface area contributed by atoms with E-state index >= 15 is 0 Å². The maximum Gasteiger partial charge on any atom is 0.242 e. The van der Waals surface area contributed by atoms with Gasteiger partial charge in [0, 0.05) is 25.2 Å². The van der Waals surface area contributed by atoms with Crippen molar-refractivity contribution in [1.29, 1.82) is 0 Å². The first-order chi connectivity index (χ1) is 10.1. The number of carbonyl (C=O) groups excluding carboxylic acids is 1. The molecule has 2 N–H and O–H groups in total. The van der Waals surface area contributed by atoms with Gasteiger partial charge in [-0.1, -0.05) is 6.92 Å². The quantitative estimate of drug-likeness (QED) is 0.830. The molecule has 0 aliphatic rings. The van der Waals surface area contributed by atoms with E-state index in [-0.39, 0.29) is 5.91 Å². The zero-order chi connectivity index (χ0) is 15.4. The number of anilines is 1. The number of carbonyl (C=O) groups is 1. The van der Waals surface area contributed by atoms with Crippen molar-refractivity contribution in [3.05, 3.63) is 24.0 Å². The van der Waals surface area contributed by atoms with Crippen molar-refractivity contribution in [3.8, 4) is 0 Å². The summed E-state index contributed by atoms with van der Waals surface area (Å²) in [6.45, 7) is 7.93. The maximum absolute atomic E-state index is 12.4. The maximum atomic E-state index is 12.4. The van der Waals surface area contributed by atoms with Gasteiger partial charge >= 0.3 is 0 Å². The summed E-state index contributed by atoms with van der Waals surface area (Å²) in [5.41, 5.74) is 8.37. The fourth-order valence-electron chi connectivity index (χ4n) is 2.60. The van der Waals surface area contributed by atoms with Gasteiger partial charge in [0.25, 0.3) is 0 Å². The van der Waals surface area contributed by atoms with Gasteiger partial charge in [-0.05, 0) is 38.5 Å². The van der Waals surface area contributed by atoms with Crippen molar-refractivity contribution in [2.45, 2.75) is 40.2 Å². The molecule has 0 spiro atoms. The van der Waals surface area contributed by atoms with Gasteiger partial charge in [0.05, 0.1) is 11.0 Å². The van der Waals surface area contributed by atoms with Gasteiger partial charge in [-0.3, -0.25) is 4.79 Å². The number of fused-ring (bicyclic) bond motifs is 1. The molecule has 5 nitrogen and oxygen atoms in total. The number of rotatable bonds is 6. The second-order valence-electron chi connectivity index (χ2n) is 5.18. The Labute approximate surface area is 125 Å². The van der Waals surface area contributed by atoms with E-state index < -0.39 is 0 Å². The molecule has 114 valence electrons. The molecule has 1 heterocycles. The topological polar surface area (TPSA) is 64.1 Å². The summed E-state index contributed by atoms with van der Waals surface area (Å²) in [5.74, 6) is 1.09. The van der Waals surface area contributed by atoms with E-state index in [1.54, 1.807) is 0 Å². The van der Waals surface area contributed by atoms with E-state index in [4.69, 9.17) is 5.73 Å². The lowest BCUT2D eigenvalue weighted by atomic mass is 10.3. The first-order valence-electron chi connectivity index (χ1n) is 7.63. The van der Waals surface area contributed by atoms with Crippen LogP contribution < -0.4 is 5.73 Å². The molecule has 0 unspecified atom stereocenters. The van der Waals surface area contributed by atoms with E-state index in [1.807, 2.05) is 41.5 Å². The Hall–Kier alpha value is -2.04. The molecule has 5 heteroatoms. The SMILES string of the molecule is CCCc1nc2cc(N)ccc2n1CC(=O)N(CC)CC. The molecular formula is C16H24N4O. The van der Waals surface area contributed by atoms with Crippen LogP contribution in [0.3, 0.4) is 0 Å². The Bertz CT molecular complexity index is 628. The standard InChI is InChI=1S/C16H24N4O/c1-4-7-15-18-13-10-12(17)8-9-14(13)20(15)11-16(21)19(5-2)6-3/h8-10H,4-7,11,17H2,1-3H3. The van der Waals surface area contributed by atoms with E-state index in [0.29, 0.717) is 12.2 Å². The smallest absolute Gasteiger partial charge is 0.242 e. The number of aryl methyl sites for hydroxylation is 1. The van der Waals surface area contributed by atoms with Crippen LogP contribution in [0.25, 0.3) is 11.0 Å². The lowest BCUT2D eigenvalue weighted by Crippen LogP contribution is -2.33. The summed E-state index contributed by atoms with van der Waals surface area (Å²) >= 11 is 0. The van der Waals surface area contributed by atoms with E-state index in [2.05, 4.69) is 11.9 Å². The molecule has 0 saturated heterocycles. The average molecular weight is 288 g/mol. The van der Waals surface area contributed by atoms with Gasteiger partial charge in [-0.2, -0.15) is 0 Å². The van der Waals surface area contributed by atoms with Crippen LogP contribution in [-0.4, -0.2) is 33.4 Å². The summed E-state index contributed by atoms with van der Waals surface area (Å²) < 4.78 is 2.03. The van der Waals surface area contributed by atoms with Gasteiger partial charge in [-0.15, -0.1) is 0 Å². The Balaban J connectivity index is 2.40. The number of nitrogens with two attached hydrogens (primary N) is 1. The molecule has 1 amide bonds. The number of hydrogen-bond donors (Lipinski definition) is 1. The fourth-order valence-corrected chi connectivity index (χ4v) is 2.60. The minimum absolute atomic E-state index is 0.133. The number of likely N-dealkylation sites (N-methyl/N-ethyl adjacent to an activating group) is 1. The highest BCUT2D eigenvalue weighted by Crippen LogP contribution is 2.20. The largest absolute Gasteiger partial charge is 0.399 e. The summed E-state index contributed by atoms with van der Waals surface area (Å²) in [4.78, 5) is 18.9. The molecule has 0 aliphatic carbocycles. The second-order valence-corrected chi connectivity index (χ2v) is 5.18. The van der Waals surface area contributed by atoms with Crippen LogP contribution in [0.1, 0.15) is 33.0 Å². The number of amides is 1. The van der Waals surface area contributed by atoms with Crippen molar-refractivity contribution < 1.29 is 4.79 Å². The third kappa shape index (κ3) is 3.17. The minimum Gasteiger partial charge on any atom is -0.399 e. The molecule has 1 aromatic heterocycles. The van der Waals surface area contributed by atoms with Crippen LogP contribution in [0.5, 0.6) is 0 Å². The van der Waals surface area contributed by atoms with Gasteiger partial charge in [0.1, 0.15) is 12.4 Å². The molecule has 0 radical (unpaired) electrons. The van der Waals surface area contributed by atoms with Crippen LogP contribution in [0.15, 0.2) is 18.2 Å². The van der Waals surface area contributed by atoms with Crippen LogP contribution >= 0.6 is 0 Å². The number of hydrogen-bond acceptors (Lipinski definition) is 3. The average Bonchev–Trinajstić information content (AvgIpc) is 2.77. The molecule has 1 aromatic carbocycles. The zero-order valence-corrected chi connectivity index (χ0v) is 13.1. The molecule has 0 fully saturated rings. The monoisotopic (exact) mass is 288 g/mol. The third-order valence-electron chi connectivity index (χ3n) is 3.73. The van der Waals surface area contributed by atoms with Gasteiger partial charge in [-0.25, -0.2) is 4.98 Å². The van der Waals surface area contributed by atoms with Gasteiger partial charge in [0.2, 0.25) is 5.91 Å². The van der Waals surface area contributed by atoms with Crippen LogP contribution in [0, 0.1) is 0 Å². The summed E-state index contributed by atoms with van der Waals surface area (Å²) in [6.07, 6.45) is 1.86. The van der Waals surface area contributed by atoms with Gasteiger partial charge < -0.3 is 15.2 Å². The Morgan fingerprint density at radius 1 is 1.29 bits per heavy atom. The predicted molar refractivity (Wildman–Crippen MR) is 86.1 cm³/mol. The summed E-state index contributed by atoms with van der Waals surface area (Å²) in [5, 5.41) is 0. The molecular weight excluding hydrogens is 264 g/mol. The summed E-state index contributed by atoms with van der Waals surface area (Å²) in [7, 11) is 0. The number of benzene rings is 1. The van der Waals surface area contributed by atoms with Crippen molar-refractivity contribution in [3.63, 3.8) is 0 Å². The molecule has 0 bridgehead atoms. The van der Waals surface area contributed by atoms with Crippen molar-refractivity contribution in [1.82, 2.24) is 14.5 Å². The zero-order valence-electron chi connectivity index (χ0n) is 13.1. The van der Waals surface area contributed by atoms with Gasteiger partial charge in [0.15, 0.2) is 0 Å². The molecule has 2 rings (SSSR count). The lowest BCUT2D eigenvalue weighted by Gasteiger charge is -2.19. The highest BCUT2D eigenvalue weighted by molar-refractivity contribution is 5.83. The normalized spacial score (nSPS) is 11.0. The van der Waals surface area contributed by atoms with E-state index in [9.17, 15) is 4.79 Å². The number of imidazole rings is 1. The molecule has 2 aromatic rings. The van der Waals surface area contributed by atoms with E-state index in [0.717, 1.165) is 42.8 Å². The first kappa shape index (κ1) is 15.4. The number of nitrogen functional groups attached to an aromatic ring is 1. The van der Waals surface area contributed by atoms with E-state index in [1.165, 1.54) is 0 Å². The number of nitrogens with zero attached hydrogens (tertiary/aromatic N) is 3. The predicted octanol–water partition coefficient (Wildman–Crippen LogP) is 2.44. The van der Waals surface area contributed by atoms with Crippen LogP contribution in [0.4, 0.5) is 5.69 Å². The van der Waals surface area contributed by atoms with Crippen LogP contribution in [-0.2, 0) is 17.8 Å². The Morgan fingerprint density at radius 2 is 2.00 bits per heavy atom. The molecule has 0 saturated carbocycles. The van der Waals surface area contributed by atoms with Crippen molar-refractivity contribution in [2.75, 3.05) is 18.8 Å². The van der Waals surface area contributed by atoms with Crippen molar-refractivity contribution >= 4 is 22.6 Å². The molecule has 21 heavy (non-hydrogen) atoms. The third-order valence-corrected chi connectivity index (χ3v) is 3.73. The molecule has 0 aliphatic heterocycles. The molecule has 0 atom stereocenters. The van der Waals surface area contributed by atoms with Crippen LogP contribution in [0.2, 0.25) is 0 Å². The minimum atomic E-state index is 0.133. The first-order valence-corrected chi connectivity index (χ1v) is 7.63. The summed E-state index contributed by atoms with van der Waals surface area (Å²) in [6, 6.07) is 5.68. The lowest BCUT2D eigenvalue weighted by molar-refractivity contribution is -0.131. The highest BCUT2D eigenvalue weighted by Gasteiger charge is 2.16. The number of aromatic nitrogens is 2.